The monoisotopic (exact) mass is 489 g/mol. The zero-order chi connectivity index (χ0) is 23.8. The van der Waals surface area contributed by atoms with Crippen LogP contribution in [0.4, 0.5) is 14.6 Å². The fraction of sp³-hybridized carbons (Fsp3) is 0.417. The minimum Gasteiger partial charge on any atom is -0.493 e. The SMILES string of the molecule is COc1cc(F)cnc1N1CCN(C(=O)c2cc3c(C4CCNCC4)cc(Cl)c(F)c3[nH]2)CC1. The molecular weight excluding hydrogens is 464 g/mol. The van der Waals surface area contributed by atoms with Gasteiger partial charge in [-0.3, -0.25) is 4.79 Å². The maximum absolute atomic E-state index is 14.9. The first-order valence-corrected chi connectivity index (χ1v) is 11.8. The summed E-state index contributed by atoms with van der Waals surface area (Å²) >= 11 is 6.21. The number of aromatic nitrogens is 2. The number of hydrogen-bond donors (Lipinski definition) is 2. The van der Waals surface area contributed by atoms with E-state index >= 15 is 0 Å². The van der Waals surface area contributed by atoms with E-state index in [9.17, 15) is 13.6 Å². The molecule has 2 fully saturated rings. The summed E-state index contributed by atoms with van der Waals surface area (Å²) in [5.41, 5.74) is 1.61. The van der Waals surface area contributed by atoms with Crippen molar-refractivity contribution >= 4 is 34.2 Å². The molecule has 1 aromatic carbocycles. The molecule has 2 N–H and O–H groups in total. The molecule has 0 saturated carbocycles. The Kier molecular flexibility index (Phi) is 6.31. The predicted molar refractivity (Wildman–Crippen MR) is 127 cm³/mol. The molecule has 2 saturated heterocycles. The number of benzene rings is 1. The average Bonchev–Trinajstić information content (AvgIpc) is 3.32. The zero-order valence-electron chi connectivity index (χ0n) is 18.8. The molecule has 3 aromatic rings. The summed E-state index contributed by atoms with van der Waals surface area (Å²) in [6.45, 7) is 3.72. The fourth-order valence-corrected chi connectivity index (χ4v) is 5.14. The highest BCUT2D eigenvalue weighted by atomic mass is 35.5. The summed E-state index contributed by atoms with van der Waals surface area (Å²) < 4.78 is 33.6. The van der Waals surface area contributed by atoms with Crippen molar-refractivity contribution in [2.45, 2.75) is 18.8 Å². The van der Waals surface area contributed by atoms with E-state index in [0.717, 1.165) is 43.1 Å². The second-order valence-corrected chi connectivity index (χ2v) is 9.12. The number of aromatic amines is 1. The molecule has 7 nitrogen and oxygen atoms in total. The van der Waals surface area contributed by atoms with Gasteiger partial charge in [-0.2, -0.15) is 0 Å². The number of piperidine rings is 1. The topological polar surface area (TPSA) is 73.5 Å². The molecule has 0 bridgehead atoms. The molecule has 0 radical (unpaired) electrons. The van der Waals surface area contributed by atoms with Crippen LogP contribution in [-0.2, 0) is 0 Å². The van der Waals surface area contributed by atoms with E-state index in [0.29, 0.717) is 43.4 Å². The standard InChI is InChI=1S/C24H26ClF2N5O2/c1-34-20-10-15(26)13-29-23(20)31-6-8-32(9-7-31)24(33)19-12-17-16(14-2-4-28-5-3-14)11-18(25)21(27)22(17)30-19/h10-14,28,30H,2-9H2,1H3. The van der Waals surface area contributed by atoms with Gasteiger partial charge in [0.2, 0.25) is 0 Å². The number of carbonyl (C=O) groups is 1. The molecule has 2 aliphatic heterocycles. The van der Waals surface area contributed by atoms with E-state index in [1.165, 1.54) is 13.2 Å². The van der Waals surface area contributed by atoms with Crippen molar-refractivity contribution in [2.24, 2.45) is 0 Å². The van der Waals surface area contributed by atoms with E-state index < -0.39 is 11.6 Å². The zero-order valence-corrected chi connectivity index (χ0v) is 19.6. The van der Waals surface area contributed by atoms with Gasteiger partial charge in [0.15, 0.2) is 17.4 Å². The highest BCUT2D eigenvalue weighted by Gasteiger charge is 2.28. The fourth-order valence-electron chi connectivity index (χ4n) is 4.93. The van der Waals surface area contributed by atoms with E-state index in [-0.39, 0.29) is 22.4 Å². The minimum absolute atomic E-state index is 0.0660. The van der Waals surface area contributed by atoms with Gasteiger partial charge in [-0.15, -0.1) is 0 Å². The maximum atomic E-state index is 14.9. The minimum atomic E-state index is -0.535. The molecule has 0 spiro atoms. The quantitative estimate of drug-likeness (QED) is 0.581. The number of fused-ring (bicyclic) bond motifs is 1. The first-order valence-electron chi connectivity index (χ1n) is 11.4. The molecule has 34 heavy (non-hydrogen) atoms. The third kappa shape index (κ3) is 4.18. The highest BCUT2D eigenvalue weighted by Crippen LogP contribution is 2.36. The van der Waals surface area contributed by atoms with Crippen molar-refractivity contribution < 1.29 is 18.3 Å². The Balaban J connectivity index is 1.37. The van der Waals surface area contributed by atoms with Gasteiger partial charge in [-0.1, -0.05) is 11.6 Å². The van der Waals surface area contributed by atoms with E-state index in [1.807, 2.05) is 4.90 Å². The summed E-state index contributed by atoms with van der Waals surface area (Å²) in [4.78, 5) is 24.1. The Morgan fingerprint density at radius 1 is 1.15 bits per heavy atom. The first-order chi connectivity index (χ1) is 16.5. The lowest BCUT2D eigenvalue weighted by Gasteiger charge is -2.35. The molecule has 180 valence electrons. The van der Waals surface area contributed by atoms with Gasteiger partial charge in [0.1, 0.15) is 11.5 Å². The van der Waals surface area contributed by atoms with Gasteiger partial charge < -0.3 is 24.8 Å². The number of nitrogens with zero attached hydrogens (tertiary/aromatic N) is 3. The molecule has 0 atom stereocenters. The Morgan fingerprint density at radius 2 is 1.88 bits per heavy atom. The lowest BCUT2D eigenvalue weighted by molar-refractivity contribution is 0.0741. The van der Waals surface area contributed by atoms with Crippen LogP contribution in [0, 0.1) is 11.6 Å². The number of ether oxygens (including phenoxy) is 1. The van der Waals surface area contributed by atoms with Gasteiger partial charge in [0, 0.05) is 37.6 Å². The van der Waals surface area contributed by atoms with Crippen LogP contribution in [0.1, 0.15) is 34.8 Å². The van der Waals surface area contributed by atoms with Crippen molar-refractivity contribution in [3.63, 3.8) is 0 Å². The van der Waals surface area contributed by atoms with Gasteiger partial charge in [0.05, 0.1) is 23.8 Å². The predicted octanol–water partition coefficient (Wildman–Crippen LogP) is 3.93. The molecule has 2 aromatic heterocycles. The molecule has 5 rings (SSSR count). The largest absolute Gasteiger partial charge is 0.493 e. The van der Waals surface area contributed by atoms with E-state index in [1.54, 1.807) is 17.0 Å². The smallest absolute Gasteiger partial charge is 0.270 e. The van der Waals surface area contributed by atoms with E-state index in [2.05, 4.69) is 15.3 Å². The number of piperazine rings is 1. The highest BCUT2D eigenvalue weighted by molar-refractivity contribution is 6.31. The van der Waals surface area contributed by atoms with E-state index in [4.69, 9.17) is 16.3 Å². The Morgan fingerprint density at radius 3 is 2.59 bits per heavy atom. The van der Waals surface area contributed by atoms with Crippen molar-refractivity contribution in [1.82, 2.24) is 20.2 Å². The van der Waals surface area contributed by atoms with Crippen molar-refractivity contribution in [1.29, 1.82) is 0 Å². The second kappa shape index (κ2) is 9.38. The lowest BCUT2D eigenvalue weighted by Crippen LogP contribution is -2.49. The van der Waals surface area contributed by atoms with Gasteiger partial charge in [-0.05, 0) is 49.5 Å². The Hall–Kier alpha value is -2.91. The molecule has 10 heteroatoms. The van der Waals surface area contributed by atoms with Crippen LogP contribution in [0.2, 0.25) is 5.02 Å². The van der Waals surface area contributed by atoms with Crippen LogP contribution >= 0.6 is 11.6 Å². The van der Waals surface area contributed by atoms with Gasteiger partial charge in [-0.25, -0.2) is 13.8 Å². The normalized spacial score (nSPS) is 17.4. The van der Waals surface area contributed by atoms with Crippen LogP contribution in [0.25, 0.3) is 10.9 Å². The lowest BCUT2D eigenvalue weighted by atomic mass is 9.88. The van der Waals surface area contributed by atoms with Crippen LogP contribution in [0.3, 0.4) is 0 Å². The number of anilines is 1. The van der Waals surface area contributed by atoms with Crippen molar-refractivity contribution in [3.05, 3.63) is 52.3 Å². The molecule has 4 heterocycles. The number of nitrogens with one attached hydrogen (secondary N) is 2. The summed E-state index contributed by atoms with van der Waals surface area (Å²) in [5.74, 6) is -0.0285. The van der Waals surface area contributed by atoms with Gasteiger partial charge in [0.25, 0.3) is 5.91 Å². The number of halogens is 3. The third-order valence-corrected chi connectivity index (χ3v) is 7.01. The van der Waals surface area contributed by atoms with Crippen molar-refractivity contribution in [2.75, 3.05) is 51.3 Å². The second-order valence-electron chi connectivity index (χ2n) is 8.72. The summed E-state index contributed by atoms with van der Waals surface area (Å²) in [6, 6.07) is 4.76. The summed E-state index contributed by atoms with van der Waals surface area (Å²) in [7, 11) is 1.47. The van der Waals surface area contributed by atoms with Crippen LogP contribution < -0.4 is 15.0 Å². The van der Waals surface area contributed by atoms with Crippen LogP contribution in [-0.4, -0.2) is 67.2 Å². The molecular formula is C24H26ClF2N5O2. The molecule has 1 amide bonds. The number of hydrogen-bond acceptors (Lipinski definition) is 5. The Bertz CT molecular complexity index is 1220. The number of methoxy groups -OCH3 is 1. The number of pyridine rings is 1. The molecule has 0 unspecified atom stereocenters. The maximum Gasteiger partial charge on any atom is 0.270 e. The molecule has 2 aliphatic rings. The van der Waals surface area contributed by atoms with Crippen molar-refractivity contribution in [3.8, 4) is 5.75 Å². The summed E-state index contributed by atoms with van der Waals surface area (Å²) in [5, 5.41) is 4.12. The molecule has 0 aliphatic carbocycles. The van der Waals surface area contributed by atoms with Crippen LogP contribution in [0.15, 0.2) is 24.4 Å². The summed E-state index contributed by atoms with van der Waals surface area (Å²) in [6.07, 6.45) is 3.03. The van der Waals surface area contributed by atoms with Gasteiger partial charge >= 0.3 is 0 Å². The van der Waals surface area contributed by atoms with Crippen LogP contribution in [0.5, 0.6) is 5.75 Å². The average molecular weight is 490 g/mol. The number of H-pyrrole nitrogens is 1. The number of carbonyl (C=O) groups excluding carboxylic acids is 1. The Labute approximate surface area is 201 Å². The third-order valence-electron chi connectivity index (χ3n) is 6.74. The first kappa shape index (κ1) is 22.9. The number of amides is 1. The number of rotatable bonds is 4.